The fraction of sp³-hybridized carbons (Fsp3) is 0.273. The van der Waals surface area contributed by atoms with Crippen LogP contribution in [0.2, 0.25) is 10.0 Å². The zero-order valence-electron chi connectivity index (χ0n) is 8.50. The summed E-state index contributed by atoms with van der Waals surface area (Å²) in [5.41, 5.74) is 0.790. The molecule has 5 heteroatoms. The predicted molar refractivity (Wildman–Crippen MR) is 63.9 cm³/mol. The first-order valence-corrected chi connectivity index (χ1v) is 5.53. The number of aldehydes is 1. The van der Waals surface area contributed by atoms with Gasteiger partial charge in [0.1, 0.15) is 6.29 Å². The van der Waals surface area contributed by atoms with Gasteiger partial charge in [0.05, 0.1) is 16.5 Å². The lowest BCUT2D eigenvalue weighted by molar-refractivity contribution is -0.120. The summed E-state index contributed by atoms with van der Waals surface area (Å²) in [5.74, 6) is -0.139. The van der Waals surface area contributed by atoms with E-state index in [9.17, 15) is 9.59 Å². The fourth-order valence-electron chi connectivity index (χ4n) is 1.17. The van der Waals surface area contributed by atoms with Gasteiger partial charge in [-0.15, -0.1) is 0 Å². The molecule has 1 aromatic carbocycles. The van der Waals surface area contributed by atoms with Gasteiger partial charge < -0.3 is 10.1 Å². The highest BCUT2D eigenvalue weighted by Crippen LogP contribution is 2.22. The molecule has 3 nitrogen and oxygen atoms in total. The molecule has 0 radical (unpaired) electrons. The molecule has 0 atom stereocenters. The Morgan fingerprint density at radius 1 is 1.31 bits per heavy atom. The predicted octanol–water partition coefficient (Wildman–Crippen LogP) is 2.24. The molecule has 1 rings (SSSR count). The summed E-state index contributed by atoms with van der Waals surface area (Å²) in [6, 6.07) is 5.05. The molecule has 0 saturated heterocycles. The summed E-state index contributed by atoms with van der Waals surface area (Å²) < 4.78 is 0. The van der Waals surface area contributed by atoms with E-state index in [0.717, 1.165) is 11.8 Å². The summed E-state index contributed by atoms with van der Waals surface area (Å²) in [5, 5.41) is 3.51. The van der Waals surface area contributed by atoms with E-state index in [1.807, 2.05) is 0 Å². The Morgan fingerprint density at radius 2 is 2.06 bits per heavy atom. The van der Waals surface area contributed by atoms with Gasteiger partial charge in [0.25, 0.3) is 0 Å². The van der Waals surface area contributed by atoms with Crippen LogP contribution in [0.4, 0.5) is 0 Å². The van der Waals surface area contributed by atoms with E-state index in [4.69, 9.17) is 23.2 Å². The van der Waals surface area contributed by atoms with E-state index in [2.05, 4.69) is 5.32 Å². The molecule has 0 saturated carbocycles. The zero-order chi connectivity index (χ0) is 12.0. The lowest BCUT2D eigenvalue weighted by atomic mass is 10.1. The maximum absolute atomic E-state index is 11.4. The van der Waals surface area contributed by atoms with Gasteiger partial charge in [-0.1, -0.05) is 29.3 Å². The molecule has 0 aliphatic rings. The van der Waals surface area contributed by atoms with Crippen molar-refractivity contribution in [2.24, 2.45) is 0 Å². The Balaban J connectivity index is 2.49. The zero-order valence-corrected chi connectivity index (χ0v) is 10.0. The third-order valence-electron chi connectivity index (χ3n) is 1.93. The van der Waals surface area contributed by atoms with Gasteiger partial charge in [0, 0.05) is 13.0 Å². The maximum atomic E-state index is 11.4. The van der Waals surface area contributed by atoms with Gasteiger partial charge in [0.2, 0.25) is 5.91 Å². The quantitative estimate of drug-likeness (QED) is 0.651. The number of hydrogen-bond acceptors (Lipinski definition) is 2. The first kappa shape index (κ1) is 13.0. The summed E-state index contributed by atoms with van der Waals surface area (Å²) >= 11 is 11.6. The first-order valence-electron chi connectivity index (χ1n) is 4.77. The van der Waals surface area contributed by atoms with Crippen molar-refractivity contribution < 1.29 is 9.59 Å². The molecule has 1 aromatic rings. The van der Waals surface area contributed by atoms with Crippen molar-refractivity contribution in [3.8, 4) is 0 Å². The Labute approximate surface area is 104 Å². The van der Waals surface area contributed by atoms with Gasteiger partial charge in [-0.05, 0) is 17.7 Å². The average molecular weight is 260 g/mol. The summed E-state index contributed by atoms with van der Waals surface area (Å²) in [6.07, 6.45) is 1.32. The second-order valence-electron chi connectivity index (χ2n) is 3.23. The van der Waals surface area contributed by atoms with Gasteiger partial charge in [-0.3, -0.25) is 4.79 Å². The number of nitrogens with one attached hydrogen (secondary N) is 1. The van der Waals surface area contributed by atoms with Crippen LogP contribution < -0.4 is 5.32 Å². The number of rotatable bonds is 5. The molecule has 0 unspecified atom stereocenters. The van der Waals surface area contributed by atoms with Crippen LogP contribution >= 0.6 is 23.2 Å². The molecule has 1 N–H and O–H groups in total. The Kier molecular flexibility index (Phi) is 5.29. The lowest BCUT2D eigenvalue weighted by Gasteiger charge is -2.04. The van der Waals surface area contributed by atoms with E-state index < -0.39 is 0 Å². The summed E-state index contributed by atoms with van der Waals surface area (Å²) in [4.78, 5) is 21.4. The number of hydrogen-bond donors (Lipinski definition) is 1. The molecule has 1 amide bonds. The highest BCUT2D eigenvalue weighted by molar-refractivity contribution is 6.42. The van der Waals surface area contributed by atoms with Gasteiger partial charge >= 0.3 is 0 Å². The molecule has 0 fully saturated rings. The van der Waals surface area contributed by atoms with Crippen LogP contribution in [0.1, 0.15) is 12.0 Å². The number of benzene rings is 1. The highest BCUT2D eigenvalue weighted by atomic mass is 35.5. The van der Waals surface area contributed by atoms with Gasteiger partial charge in [-0.25, -0.2) is 0 Å². The average Bonchev–Trinajstić information content (AvgIpc) is 2.24. The molecule has 0 spiro atoms. The Morgan fingerprint density at radius 3 is 2.69 bits per heavy atom. The number of amides is 1. The van der Waals surface area contributed by atoms with Crippen molar-refractivity contribution >= 4 is 35.4 Å². The van der Waals surface area contributed by atoms with E-state index in [1.165, 1.54) is 0 Å². The topological polar surface area (TPSA) is 46.2 Å². The van der Waals surface area contributed by atoms with Gasteiger partial charge in [0.15, 0.2) is 0 Å². The molecule has 86 valence electrons. The number of carbonyl (C=O) groups is 2. The van der Waals surface area contributed by atoms with E-state index in [1.54, 1.807) is 18.2 Å². The number of carbonyl (C=O) groups excluding carboxylic acids is 2. The second-order valence-corrected chi connectivity index (χ2v) is 4.04. The minimum absolute atomic E-state index is 0.139. The van der Waals surface area contributed by atoms with Crippen molar-refractivity contribution in [1.29, 1.82) is 0 Å². The second kappa shape index (κ2) is 6.51. The molecular formula is C11H11Cl2NO2. The Hall–Kier alpha value is -1.06. The van der Waals surface area contributed by atoms with Crippen LogP contribution in [0.3, 0.4) is 0 Å². The monoisotopic (exact) mass is 259 g/mol. The van der Waals surface area contributed by atoms with Crippen molar-refractivity contribution in [1.82, 2.24) is 5.32 Å². The molecular weight excluding hydrogens is 249 g/mol. The molecule has 0 aromatic heterocycles. The Bertz CT molecular complexity index is 394. The summed E-state index contributed by atoms with van der Waals surface area (Å²) in [7, 11) is 0. The fourth-order valence-corrected chi connectivity index (χ4v) is 1.49. The third-order valence-corrected chi connectivity index (χ3v) is 2.67. The van der Waals surface area contributed by atoms with E-state index >= 15 is 0 Å². The summed E-state index contributed by atoms with van der Waals surface area (Å²) in [6.45, 7) is 0.365. The van der Waals surface area contributed by atoms with Crippen LogP contribution in [-0.4, -0.2) is 18.7 Å². The maximum Gasteiger partial charge on any atom is 0.224 e. The molecule has 16 heavy (non-hydrogen) atoms. The van der Waals surface area contributed by atoms with Crippen LogP contribution in [0.5, 0.6) is 0 Å². The van der Waals surface area contributed by atoms with Gasteiger partial charge in [-0.2, -0.15) is 0 Å². The molecule has 0 aliphatic heterocycles. The van der Waals surface area contributed by atoms with E-state index in [0.29, 0.717) is 23.0 Å². The highest BCUT2D eigenvalue weighted by Gasteiger charge is 2.04. The van der Waals surface area contributed by atoms with Crippen molar-refractivity contribution in [2.75, 3.05) is 6.54 Å². The minimum atomic E-state index is -0.139. The largest absolute Gasteiger partial charge is 0.355 e. The van der Waals surface area contributed by atoms with Crippen LogP contribution in [-0.2, 0) is 16.0 Å². The third kappa shape index (κ3) is 4.21. The first-order chi connectivity index (χ1) is 7.63. The van der Waals surface area contributed by atoms with Crippen molar-refractivity contribution in [3.63, 3.8) is 0 Å². The van der Waals surface area contributed by atoms with Crippen LogP contribution in [0.25, 0.3) is 0 Å². The molecule has 0 bridgehead atoms. The van der Waals surface area contributed by atoms with Crippen molar-refractivity contribution in [2.45, 2.75) is 12.8 Å². The smallest absolute Gasteiger partial charge is 0.224 e. The SMILES string of the molecule is O=CCCNC(=O)Cc1ccc(Cl)c(Cl)c1. The van der Waals surface area contributed by atoms with Crippen LogP contribution in [0.15, 0.2) is 18.2 Å². The van der Waals surface area contributed by atoms with Crippen LogP contribution in [0, 0.1) is 0 Å². The standard InChI is InChI=1S/C11H11Cl2NO2/c12-9-3-2-8(6-10(9)13)7-11(16)14-4-1-5-15/h2-3,5-6H,1,4,7H2,(H,14,16). The number of halogens is 2. The lowest BCUT2D eigenvalue weighted by Crippen LogP contribution is -2.26. The molecule has 0 heterocycles. The molecule has 0 aliphatic carbocycles. The minimum Gasteiger partial charge on any atom is -0.355 e. The normalized spacial score (nSPS) is 9.88. The van der Waals surface area contributed by atoms with E-state index in [-0.39, 0.29) is 12.3 Å². The van der Waals surface area contributed by atoms with Crippen molar-refractivity contribution in [3.05, 3.63) is 33.8 Å².